The highest BCUT2D eigenvalue weighted by molar-refractivity contribution is 5.72. The van der Waals surface area contributed by atoms with Crippen molar-refractivity contribution in [1.29, 1.82) is 0 Å². The minimum Gasteiger partial charge on any atom is -0.466 e. The van der Waals surface area contributed by atoms with Crippen LogP contribution >= 0.6 is 0 Å². The summed E-state index contributed by atoms with van der Waals surface area (Å²) in [6.45, 7) is 5.03. The first-order valence-electron chi connectivity index (χ1n) is 6.65. The van der Waals surface area contributed by atoms with Crippen molar-refractivity contribution in [3.8, 4) is 0 Å². The van der Waals surface area contributed by atoms with Crippen LogP contribution in [0.15, 0.2) is 0 Å². The second-order valence-electron chi connectivity index (χ2n) is 4.58. The minimum atomic E-state index is -0.159. The molecule has 1 fully saturated rings. The van der Waals surface area contributed by atoms with Crippen LogP contribution in [0.25, 0.3) is 0 Å². The number of carbonyl (C=O) groups excluding carboxylic acids is 1. The summed E-state index contributed by atoms with van der Waals surface area (Å²) in [6.07, 6.45) is 2.65. The van der Waals surface area contributed by atoms with E-state index in [-0.39, 0.29) is 18.2 Å². The maximum absolute atomic E-state index is 11.7. The van der Waals surface area contributed by atoms with Crippen LogP contribution in [0.2, 0.25) is 0 Å². The first kappa shape index (κ1) is 15.4. The van der Waals surface area contributed by atoms with Crippen molar-refractivity contribution in [2.24, 2.45) is 5.92 Å². The molecule has 106 valence electrons. The van der Waals surface area contributed by atoms with Gasteiger partial charge in [-0.15, -0.1) is 0 Å². The van der Waals surface area contributed by atoms with Gasteiger partial charge in [0.2, 0.25) is 0 Å². The Morgan fingerprint density at radius 1 is 1.39 bits per heavy atom. The van der Waals surface area contributed by atoms with Crippen LogP contribution in [0, 0.1) is 5.92 Å². The number of piperidine rings is 1. The molecule has 5 heteroatoms. The fraction of sp³-hybridized carbons (Fsp3) is 0.923. The molecule has 1 aliphatic heterocycles. The summed E-state index contributed by atoms with van der Waals surface area (Å²) in [4.78, 5) is 14.0. The Morgan fingerprint density at radius 2 is 2.11 bits per heavy atom. The number of likely N-dealkylation sites (tertiary alicyclic amines) is 1. The summed E-state index contributed by atoms with van der Waals surface area (Å²) >= 11 is 0. The van der Waals surface area contributed by atoms with Gasteiger partial charge in [-0.2, -0.15) is 0 Å². The van der Waals surface area contributed by atoms with E-state index in [0.717, 1.165) is 38.9 Å². The lowest BCUT2D eigenvalue weighted by molar-refractivity contribution is -0.150. The lowest BCUT2D eigenvalue weighted by Gasteiger charge is -2.32. The van der Waals surface area contributed by atoms with Gasteiger partial charge in [0.1, 0.15) is 0 Å². The Morgan fingerprint density at radius 3 is 2.72 bits per heavy atom. The molecule has 1 heterocycles. The number of hydrogen-bond acceptors (Lipinski definition) is 5. The minimum absolute atomic E-state index is 0.0299. The van der Waals surface area contributed by atoms with E-state index in [2.05, 4.69) is 4.90 Å². The molecule has 0 saturated carbocycles. The average Bonchev–Trinajstić information content (AvgIpc) is 2.40. The molecule has 0 bridgehead atoms. The third kappa shape index (κ3) is 4.92. The maximum Gasteiger partial charge on any atom is 0.310 e. The van der Waals surface area contributed by atoms with E-state index in [1.807, 2.05) is 6.92 Å². The molecular weight excluding hydrogens is 234 g/mol. The Bertz CT molecular complexity index is 243. The van der Waals surface area contributed by atoms with Crippen LogP contribution < -0.4 is 0 Å². The van der Waals surface area contributed by atoms with E-state index in [1.165, 1.54) is 0 Å². The van der Waals surface area contributed by atoms with Gasteiger partial charge in [0.15, 0.2) is 6.29 Å². The van der Waals surface area contributed by atoms with Crippen LogP contribution in [0.5, 0.6) is 0 Å². The first-order valence-corrected chi connectivity index (χ1v) is 6.65. The van der Waals surface area contributed by atoms with Crippen molar-refractivity contribution in [3.05, 3.63) is 0 Å². The zero-order valence-electron chi connectivity index (χ0n) is 11.7. The van der Waals surface area contributed by atoms with Crippen molar-refractivity contribution >= 4 is 5.97 Å². The molecule has 0 radical (unpaired) electrons. The predicted octanol–water partition coefficient (Wildman–Crippen LogP) is 1.27. The molecule has 0 aromatic carbocycles. The Hall–Kier alpha value is -0.650. The summed E-state index contributed by atoms with van der Waals surface area (Å²) in [5, 5.41) is 0. The topological polar surface area (TPSA) is 48.0 Å². The predicted molar refractivity (Wildman–Crippen MR) is 68.2 cm³/mol. The third-order valence-electron chi connectivity index (χ3n) is 3.33. The van der Waals surface area contributed by atoms with Crippen molar-refractivity contribution in [1.82, 2.24) is 4.90 Å². The van der Waals surface area contributed by atoms with Gasteiger partial charge in [-0.1, -0.05) is 0 Å². The summed E-state index contributed by atoms with van der Waals surface area (Å²) in [7, 11) is 3.29. The van der Waals surface area contributed by atoms with Gasteiger partial charge in [0.05, 0.1) is 12.5 Å². The SMILES string of the molecule is CCOC(=O)C1CCCN(CCC(OC)OC)C1. The van der Waals surface area contributed by atoms with Crippen LogP contribution in [0.4, 0.5) is 0 Å². The number of ether oxygens (including phenoxy) is 3. The molecule has 0 amide bonds. The quantitative estimate of drug-likeness (QED) is 0.509. The van der Waals surface area contributed by atoms with E-state index < -0.39 is 0 Å². The van der Waals surface area contributed by atoms with Crippen molar-refractivity contribution in [2.75, 3.05) is 40.5 Å². The average molecular weight is 259 g/mol. The van der Waals surface area contributed by atoms with Gasteiger partial charge in [0, 0.05) is 33.7 Å². The highest BCUT2D eigenvalue weighted by Crippen LogP contribution is 2.18. The largest absolute Gasteiger partial charge is 0.466 e. The fourth-order valence-electron chi connectivity index (χ4n) is 2.33. The van der Waals surface area contributed by atoms with Crippen molar-refractivity contribution in [2.45, 2.75) is 32.5 Å². The summed E-state index contributed by atoms with van der Waals surface area (Å²) in [5.74, 6) is -0.0283. The molecule has 0 N–H and O–H groups in total. The standard InChI is InChI=1S/C13H25NO4/c1-4-18-13(15)11-6-5-8-14(10-11)9-7-12(16-2)17-3/h11-12H,4-10H2,1-3H3. The molecule has 1 unspecified atom stereocenters. The number of hydrogen-bond donors (Lipinski definition) is 0. The number of nitrogens with zero attached hydrogens (tertiary/aromatic N) is 1. The summed E-state index contributed by atoms with van der Waals surface area (Å²) in [6, 6.07) is 0. The van der Waals surface area contributed by atoms with E-state index in [1.54, 1.807) is 14.2 Å². The normalized spacial score (nSPS) is 21.2. The Kier molecular flexibility index (Phi) is 7.23. The van der Waals surface area contributed by atoms with Gasteiger partial charge in [-0.05, 0) is 26.3 Å². The lowest BCUT2D eigenvalue weighted by Crippen LogP contribution is -2.40. The summed E-state index contributed by atoms with van der Waals surface area (Å²) < 4.78 is 15.4. The van der Waals surface area contributed by atoms with E-state index >= 15 is 0 Å². The molecule has 1 aliphatic rings. The van der Waals surface area contributed by atoms with Crippen molar-refractivity contribution < 1.29 is 19.0 Å². The second-order valence-corrected chi connectivity index (χ2v) is 4.58. The highest BCUT2D eigenvalue weighted by Gasteiger charge is 2.26. The van der Waals surface area contributed by atoms with Gasteiger partial charge in [-0.3, -0.25) is 4.79 Å². The van der Waals surface area contributed by atoms with Crippen LogP contribution in [-0.4, -0.2) is 57.6 Å². The molecule has 5 nitrogen and oxygen atoms in total. The van der Waals surface area contributed by atoms with E-state index in [9.17, 15) is 4.79 Å². The molecule has 0 aromatic heterocycles. The number of carbonyl (C=O) groups is 1. The molecule has 1 saturated heterocycles. The van der Waals surface area contributed by atoms with Gasteiger partial charge in [-0.25, -0.2) is 0 Å². The van der Waals surface area contributed by atoms with Gasteiger partial charge >= 0.3 is 5.97 Å². The van der Waals surface area contributed by atoms with Crippen LogP contribution in [0.1, 0.15) is 26.2 Å². The van der Waals surface area contributed by atoms with Gasteiger partial charge in [0.25, 0.3) is 0 Å². The number of rotatable bonds is 7. The zero-order valence-corrected chi connectivity index (χ0v) is 11.7. The second kappa shape index (κ2) is 8.45. The van der Waals surface area contributed by atoms with Gasteiger partial charge < -0.3 is 19.1 Å². The summed E-state index contributed by atoms with van der Waals surface area (Å²) in [5.41, 5.74) is 0. The van der Waals surface area contributed by atoms with Crippen LogP contribution in [-0.2, 0) is 19.0 Å². The molecule has 0 aromatic rings. The lowest BCUT2D eigenvalue weighted by atomic mass is 9.98. The smallest absolute Gasteiger partial charge is 0.310 e. The fourth-order valence-corrected chi connectivity index (χ4v) is 2.33. The molecule has 0 spiro atoms. The van der Waals surface area contributed by atoms with E-state index in [4.69, 9.17) is 14.2 Å². The first-order chi connectivity index (χ1) is 8.71. The Labute approximate surface area is 109 Å². The molecule has 1 atom stereocenters. The van der Waals surface area contributed by atoms with Crippen molar-refractivity contribution in [3.63, 3.8) is 0 Å². The maximum atomic E-state index is 11.7. The number of methoxy groups -OCH3 is 2. The monoisotopic (exact) mass is 259 g/mol. The third-order valence-corrected chi connectivity index (χ3v) is 3.33. The van der Waals surface area contributed by atoms with E-state index in [0.29, 0.717) is 6.61 Å². The molecule has 1 rings (SSSR count). The zero-order chi connectivity index (χ0) is 13.4. The van der Waals surface area contributed by atoms with Crippen LogP contribution in [0.3, 0.4) is 0 Å². The Balaban J connectivity index is 2.32. The molecule has 18 heavy (non-hydrogen) atoms. The number of esters is 1. The molecular formula is C13H25NO4. The molecule has 0 aliphatic carbocycles. The highest BCUT2D eigenvalue weighted by atomic mass is 16.7.